The molecule has 2 heteroatoms. The maximum absolute atomic E-state index is 8.67. The van der Waals surface area contributed by atoms with Crippen molar-refractivity contribution in [2.75, 3.05) is 0 Å². The molecular weight excluding hydrogens is 186 g/mol. The minimum atomic E-state index is 0.552. The zero-order chi connectivity index (χ0) is 11.4. The molecule has 15 heavy (non-hydrogen) atoms. The first kappa shape index (κ1) is 12.1. The summed E-state index contributed by atoms with van der Waals surface area (Å²) in [7, 11) is 0. The number of allylic oxidation sites excluding steroid dienone is 4. The highest BCUT2D eigenvalue weighted by Crippen LogP contribution is 2.38. The average molecular weight is 207 g/mol. The van der Waals surface area contributed by atoms with Crippen LogP contribution < -0.4 is 5.48 Å². The van der Waals surface area contributed by atoms with Gasteiger partial charge in [-0.05, 0) is 39.5 Å². The molecule has 0 radical (unpaired) electrons. The highest BCUT2D eigenvalue weighted by Gasteiger charge is 2.23. The van der Waals surface area contributed by atoms with E-state index in [1.807, 2.05) is 0 Å². The van der Waals surface area contributed by atoms with Crippen LogP contribution in [0.2, 0.25) is 0 Å². The second-order valence-corrected chi connectivity index (χ2v) is 4.46. The van der Waals surface area contributed by atoms with Crippen LogP contribution >= 0.6 is 0 Å². The summed E-state index contributed by atoms with van der Waals surface area (Å²) < 4.78 is 0. The van der Waals surface area contributed by atoms with Crippen LogP contribution in [0.3, 0.4) is 0 Å². The summed E-state index contributed by atoms with van der Waals surface area (Å²) in [5.41, 5.74) is 7.04. The second kappa shape index (κ2) is 5.17. The molecule has 2 N–H and O–H groups in total. The molecule has 0 aliphatic heterocycles. The zero-order valence-corrected chi connectivity index (χ0v) is 9.77. The van der Waals surface area contributed by atoms with Gasteiger partial charge >= 0.3 is 0 Å². The van der Waals surface area contributed by atoms with Gasteiger partial charge in [-0.25, -0.2) is 0 Å². The first-order chi connectivity index (χ1) is 7.06. The Morgan fingerprint density at radius 2 is 2.20 bits per heavy atom. The number of hydrogen-bond acceptors (Lipinski definition) is 2. The molecule has 1 rings (SSSR count). The molecule has 1 aliphatic rings. The van der Waals surface area contributed by atoms with Gasteiger partial charge in [-0.15, -0.1) is 0 Å². The maximum Gasteiger partial charge on any atom is 0.0307 e. The van der Waals surface area contributed by atoms with E-state index in [1.165, 1.54) is 29.6 Å². The summed E-state index contributed by atoms with van der Waals surface area (Å²) in [6.07, 6.45) is 4.17. The molecule has 0 spiro atoms. The molecular formula is C13H21NO. The van der Waals surface area contributed by atoms with Gasteiger partial charge in [-0.2, -0.15) is 0 Å². The summed E-state index contributed by atoms with van der Waals surface area (Å²) in [5.74, 6) is 0.552. The molecule has 0 bridgehead atoms. The monoisotopic (exact) mass is 207 g/mol. The fourth-order valence-electron chi connectivity index (χ4n) is 2.27. The molecule has 0 heterocycles. The minimum absolute atomic E-state index is 0.552. The summed E-state index contributed by atoms with van der Waals surface area (Å²) in [5, 5.41) is 8.67. The van der Waals surface area contributed by atoms with Crippen molar-refractivity contribution in [3.63, 3.8) is 0 Å². The van der Waals surface area contributed by atoms with Gasteiger partial charge in [0.25, 0.3) is 0 Å². The molecule has 2 nitrogen and oxygen atoms in total. The lowest BCUT2D eigenvalue weighted by atomic mass is 9.91. The fraction of sp³-hybridized carbons (Fsp3) is 0.538. The Kier molecular flexibility index (Phi) is 4.15. The Bertz CT molecular complexity index is 302. The number of hydroxylamine groups is 1. The number of hydrogen-bond donors (Lipinski definition) is 2. The molecule has 0 unspecified atom stereocenters. The third-order valence-electron chi connectivity index (χ3n) is 3.23. The Hall–Kier alpha value is -1.02. The van der Waals surface area contributed by atoms with Crippen LogP contribution in [0.5, 0.6) is 0 Å². The van der Waals surface area contributed by atoms with Crippen molar-refractivity contribution in [3.8, 4) is 0 Å². The van der Waals surface area contributed by atoms with Gasteiger partial charge in [0.1, 0.15) is 0 Å². The molecule has 0 saturated carbocycles. The molecule has 1 atom stereocenters. The molecule has 0 aromatic heterocycles. The van der Waals surface area contributed by atoms with E-state index < -0.39 is 0 Å². The first-order valence-electron chi connectivity index (χ1n) is 5.48. The van der Waals surface area contributed by atoms with Crippen LogP contribution in [-0.4, -0.2) is 5.21 Å². The topological polar surface area (TPSA) is 32.3 Å². The summed E-state index contributed by atoms with van der Waals surface area (Å²) in [4.78, 5) is 0. The lowest BCUT2D eigenvalue weighted by Crippen LogP contribution is -2.07. The van der Waals surface area contributed by atoms with Crippen LogP contribution in [0.25, 0.3) is 0 Å². The SMILES string of the molecule is C=C(CCC1=C(C)CC[C@@H]1C(=C)C)NO. The third-order valence-corrected chi connectivity index (χ3v) is 3.23. The summed E-state index contributed by atoms with van der Waals surface area (Å²) in [6.45, 7) is 12.1. The number of nitrogens with one attached hydrogen (secondary N) is 1. The molecule has 1 aliphatic carbocycles. The van der Waals surface area contributed by atoms with E-state index in [9.17, 15) is 0 Å². The smallest absolute Gasteiger partial charge is 0.0307 e. The van der Waals surface area contributed by atoms with Gasteiger partial charge in [-0.3, -0.25) is 10.7 Å². The molecule has 0 amide bonds. The van der Waals surface area contributed by atoms with Crippen LogP contribution in [0.15, 0.2) is 35.6 Å². The van der Waals surface area contributed by atoms with Gasteiger partial charge in [0.2, 0.25) is 0 Å². The van der Waals surface area contributed by atoms with E-state index in [4.69, 9.17) is 5.21 Å². The molecule has 0 saturated heterocycles. The van der Waals surface area contributed by atoms with Crippen LogP contribution in [0.4, 0.5) is 0 Å². The predicted molar refractivity (Wildman–Crippen MR) is 63.5 cm³/mol. The van der Waals surface area contributed by atoms with Gasteiger partial charge < -0.3 is 0 Å². The van der Waals surface area contributed by atoms with Crippen molar-refractivity contribution in [3.05, 3.63) is 35.6 Å². The van der Waals surface area contributed by atoms with Crippen LogP contribution in [0.1, 0.15) is 39.5 Å². The van der Waals surface area contributed by atoms with Crippen molar-refractivity contribution in [2.24, 2.45) is 5.92 Å². The van der Waals surface area contributed by atoms with E-state index in [2.05, 4.69) is 32.5 Å². The zero-order valence-electron chi connectivity index (χ0n) is 9.77. The van der Waals surface area contributed by atoms with E-state index in [0.29, 0.717) is 11.6 Å². The quantitative estimate of drug-likeness (QED) is 0.533. The average Bonchev–Trinajstić information content (AvgIpc) is 2.56. The van der Waals surface area contributed by atoms with E-state index in [-0.39, 0.29) is 0 Å². The standard InChI is InChI=1S/C13H21NO/c1-9(2)12-7-5-10(3)13(12)8-6-11(4)14-15/h12,14-15H,1,4-8H2,2-3H3/t12-/m1/s1. The summed E-state index contributed by atoms with van der Waals surface area (Å²) >= 11 is 0. The Morgan fingerprint density at radius 1 is 1.53 bits per heavy atom. The highest BCUT2D eigenvalue weighted by molar-refractivity contribution is 5.28. The largest absolute Gasteiger partial charge is 0.291 e. The van der Waals surface area contributed by atoms with Gasteiger partial charge in [0.15, 0.2) is 0 Å². The van der Waals surface area contributed by atoms with Crippen molar-refractivity contribution < 1.29 is 5.21 Å². The van der Waals surface area contributed by atoms with E-state index >= 15 is 0 Å². The van der Waals surface area contributed by atoms with E-state index in [0.717, 1.165) is 12.8 Å². The fourth-order valence-corrected chi connectivity index (χ4v) is 2.27. The van der Waals surface area contributed by atoms with E-state index in [1.54, 1.807) is 0 Å². The number of rotatable bonds is 5. The van der Waals surface area contributed by atoms with Gasteiger partial charge in [0.05, 0.1) is 0 Å². The Balaban J connectivity index is 2.61. The lowest BCUT2D eigenvalue weighted by molar-refractivity contribution is 0.196. The van der Waals surface area contributed by atoms with Crippen LogP contribution in [-0.2, 0) is 0 Å². The highest BCUT2D eigenvalue weighted by atomic mass is 16.5. The van der Waals surface area contributed by atoms with Gasteiger partial charge in [0, 0.05) is 11.6 Å². The third kappa shape index (κ3) is 2.96. The summed E-state index contributed by atoms with van der Waals surface area (Å²) in [6, 6.07) is 0. The molecule has 0 fully saturated rings. The first-order valence-corrected chi connectivity index (χ1v) is 5.48. The van der Waals surface area contributed by atoms with Crippen molar-refractivity contribution in [1.82, 2.24) is 5.48 Å². The Labute approximate surface area is 92.3 Å². The van der Waals surface area contributed by atoms with Crippen molar-refractivity contribution in [1.29, 1.82) is 0 Å². The second-order valence-electron chi connectivity index (χ2n) is 4.46. The van der Waals surface area contributed by atoms with Crippen LogP contribution in [0, 0.1) is 5.92 Å². The molecule has 0 aromatic rings. The predicted octanol–water partition coefficient (Wildman–Crippen LogP) is 3.56. The lowest BCUT2D eigenvalue weighted by Gasteiger charge is -2.16. The molecule has 0 aromatic carbocycles. The van der Waals surface area contributed by atoms with Gasteiger partial charge in [-0.1, -0.05) is 29.9 Å². The molecule has 84 valence electrons. The van der Waals surface area contributed by atoms with Crippen molar-refractivity contribution >= 4 is 0 Å². The van der Waals surface area contributed by atoms with Crippen molar-refractivity contribution in [2.45, 2.75) is 39.5 Å². The maximum atomic E-state index is 8.67. The minimum Gasteiger partial charge on any atom is -0.291 e. The Morgan fingerprint density at radius 3 is 2.73 bits per heavy atom. The normalized spacial score (nSPS) is 20.6.